The van der Waals surface area contributed by atoms with Crippen LogP contribution in [-0.2, 0) is 32.3 Å². The highest BCUT2D eigenvalue weighted by atomic mass is 35.5. The normalized spacial score (nSPS) is 12.6. The van der Waals surface area contributed by atoms with Gasteiger partial charge in [0.25, 0.3) is 10.0 Å². The van der Waals surface area contributed by atoms with Crippen LogP contribution < -0.4 is 9.62 Å². The van der Waals surface area contributed by atoms with Gasteiger partial charge in [0.2, 0.25) is 11.8 Å². The standard InChI is InChI=1S/C30H33ClF3N3O4S/c1-20(2)17-35-29(39)22(4)36(18-23-8-5-6-11-27(23)31)28(38)19-37(25-10-7-9-24(16-25)30(32,33)34)42(40,41)26-14-12-21(3)13-15-26/h5-16,20,22H,17-19H2,1-4H3,(H,35,39). The molecule has 0 saturated heterocycles. The third-order valence-electron chi connectivity index (χ3n) is 6.50. The Bertz CT molecular complexity index is 1510. The average molecular weight is 624 g/mol. The predicted octanol–water partition coefficient (Wildman–Crippen LogP) is 6.05. The van der Waals surface area contributed by atoms with Gasteiger partial charge in [-0.1, -0.05) is 67.4 Å². The molecule has 0 spiro atoms. The third-order valence-corrected chi connectivity index (χ3v) is 8.66. The summed E-state index contributed by atoms with van der Waals surface area (Å²) in [6, 6.07) is 15.1. The van der Waals surface area contributed by atoms with Crippen molar-refractivity contribution in [3.63, 3.8) is 0 Å². The fourth-order valence-corrected chi connectivity index (χ4v) is 5.65. The molecular formula is C30H33ClF3N3O4S. The van der Waals surface area contributed by atoms with E-state index in [1.807, 2.05) is 13.8 Å². The van der Waals surface area contributed by atoms with Crippen LogP contribution in [0.3, 0.4) is 0 Å². The van der Waals surface area contributed by atoms with Gasteiger partial charge in [-0.2, -0.15) is 13.2 Å². The van der Waals surface area contributed by atoms with Crippen LogP contribution in [0.5, 0.6) is 0 Å². The number of nitrogens with zero attached hydrogens (tertiary/aromatic N) is 2. The lowest BCUT2D eigenvalue weighted by Crippen LogP contribution is -2.51. The summed E-state index contributed by atoms with van der Waals surface area (Å²) in [5, 5.41) is 3.09. The lowest BCUT2D eigenvalue weighted by atomic mass is 10.1. The maximum Gasteiger partial charge on any atom is 0.416 e. The van der Waals surface area contributed by atoms with Gasteiger partial charge in [-0.25, -0.2) is 8.42 Å². The lowest BCUT2D eigenvalue weighted by Gasteiger charge is -2.32. The Balaban J connectivity index is 2.09. The van der Waals surface area contributed by atoms with Crippen LogP contribution in [0, 0.1) is 12.8 Å². The van der Waals surface area contributed by atoms with Gasteiger partial charge in [-0.05, 0) is 61.7 Å². The molecule has 0 fully saturated rings. The number of halogens is 4. The molecule has 0 saturated carbocycles. The van der Waals surface area contributed by atoms with Crippen LogP contribution in [0.15, 0.2) is 77.7 Å². The van der Waals surface area contributed by atoms with E-state index < -0.39 is 46.2 Å². The molecule has 0 aliphatic carbocycles. The number of carbonyl (C=O) groups is 2. The molecule has 7 nitrogen and oxygen atoms in total. The van der Waals surface area contributed by atoms with E-state index in [2.05, 4.69) is 5.32 Å². The quantitative estimate of drug-likeness (QED) is 0.282. The van der Waals surface area contributed by atoms with Gasteiger partial charge >= 0.3 is 6.18 Å². The molecule has 3 aromatic carbocycles. The van der Waals surface area contributed by atoms with Crippen molar-refractivity contribution in [2.45, 2.75) is 51.4 Å². The number of amides is 2. The minimum Gasteiger partial charge on any atom is -0.354 e. The Labute approximate surface area is 249 Å². The molecule has 0 radical (unpaired) electrons. The largest absolute Gasteiger partial charge is 0.416 e. The van der Waals surface area contributed by atoms with Gasteiger partial charge < -0.3 is 10.2 Å². The summed E-state index contributed by atoms with van der Waals surface area (Å²) in [6.07, 6.45) is -4.75. The van der Waals surface area contributed by atoms with Crippen molar-refractivity contribution in [1.82, 2.24) is 10.2 Å². The Hall–Kier alpha value is -3.57. The third kappa shape index (κ3) is 8.25. The summed E-state index contributed by atoms with van der Waals surface area (Å²) in [5.74, 6) is -1.16. The van der Waals surface area contributed by atoms with E-state index in [0.29, 0.717) is 27.5 Å². The fraction of sp³-hybridized carbons (Fsp3) is 0.333. The zero-order valence-corrected chi connectivity index (χ0v) is 25.2. The molecule has 3 aromatic rings. The summed E-state index contributed by atoms with van der Waals surface area (Å²) >= 11 is 6.34. The van der Waals surface area contributed by atoms with E-state index in [-0.39, 0.29) is 23.0 Å². The Morgan fingerprint density at radius 3 is 2.19 bits per heavy atom. The molecule has 42 heavy (non-hydrogen) atoms. The van der Waals surface area contributed by atoms with Gasteiger partial charge in [0.05, 0.1) is 16.1 Å². The number of benzene rings is 3. The summed E-state index contributed by atoms with van der Waals surface area (Å²) in [7, 11) is -4.52. The first-order valence-electron chi connectivity index (χ1n) is 13.2. The molecule has 1 atom stereocenters. The lowest BCUT2D eigenvalue weighted by molar-refractivity contribution is -0.139. The first-order chi connectivity index (χ1) is 19.6. The van der Waals surface area contributed by atoms with Crippen molar-refractivity contribution >= 4 is 39.1 Å². The molecule has 2 amide bonds. The van der Waals surface area contributed by atoms with Crippen molar-refractivity contribution in [3.05, 3.63) is 94.5 Å². The molecule has 1 unspecified atom stereocenters. The Morgan fingerprint density at radius 1 is 0.952 bits per heavy atom. The summed E-state index contributed by atoms with van der Waals surface area (Å²) in [6.45, 7) is 6.38. The highest BCUT2D eigenvalue weighted by Crippen LogP contribution is 2.33. The second-order valence-corrected chi connectivity index (χ2v) is 12.6. The van der Waals surface area contributed by atoms with Crippen LogP contribution in [-0.4, -0.2) is 44.3 Å². The molecule has 0 aliphatic heterocycles. The van der Waals surface area contributed by atoms with Crippen molar-refractivity contribution in [3.8, 4) is 0 Å². The second-order valence-electron chi connectivity index (χ2n) is 10.3. The maximum atomic E-state index is 13.9. The van der Waals surface area contributed by atoms with E-state index in [9.17, 15) is 31.2 Å². The first kappa shape index (κ1) is 32.9. The molecule has 0 heterocycles. The number of rotatable bonds is 11. The maximum absolute atomic E-state index is 13.9. The molecule has 0 aromatic heterocycles. The predicted molar refractivity (Wildman–Crippen MR) is 156 cm³/mol. The Morgan fingerprint density at radius 2 is 1.60 bits per heavy atom. The highest BCUT2D eigenvalue weighted by Gasteiger charge is 2.35. The SMILES string of the molecule is Cc1ccc(S(=O)(=O)N(CC(=O)N(Cc2ccccc2Cl)C(C)C(=O)NCC(C)C)c2cccc(C(F)(F)F)c2)cc1. The summed E-state index contributed by atoms with van der Waals surface area (Å²) in [4.78, 5) is 27.9. The van der Waals surface area contributed by atoms with Gasteiger partial charge in [-0.3, -0.25) is 13.9 Å². The number of carbonyl (C=O) groups excluding carboxylic acids is 2. The van der Waals surface area contributed by atoms with E-state index in [1.54, 1.807) is 43.3 Å². The molecule has 12 heteroatoms. The molecule has 1 N–H and O–H groups in total. The van der Waals surface area contributed by atoms with Gasteiger partial charge in [0.1, 0.15) is 12.6 Å². The van der Waals surface area contributed by atoms with Crippen LogP contribution in [0.2, 0.25) is 5.02 Å². The average Bonchev–Trinajstić information content (AvgIpc) is 2.93. The molecule has 3 rings (SSSR count). The number of nitrogens with one attached hydrogen (secondary N) is 1. The van der Waals surface area contributed by atoms with Crippen LogP contribution in [0.4, 0.5) is 18.9 Å². The molecule has 0 bridgehead atoms. The van der Waals surface area contributed by atoms with Crippen LogP contribution >= 0.6 is 11.6 Å². The van der Waals surface area contributed by atoms with Gasteiger partial charge in [0, 0.05) is 18.1 Å². The number of sulfonamides is 1. The van der Waals surface area contributed by atoms with Crippen molar-refractivity contribution in [2.75, 3.05) is 17.4 Å². The minimum atomic E-state index is -4.75. The minimum absolute atomic E-state index is 0.130. The zero-order chi connectivity index (χ0) is 31.2. The van der Waals surface area contributed by atoms with E-state index in [0.717, 1.165) is 17.7 Å². The van der Waals surface area contributed by atoms with Crippen molar-refractivity contribution < 1.29 is 31.2 Å². The molecule has 0 aliphatic rings. The van der Waals surface area contributed by atoms with E-state index in [1.165, 1.54) is 30.0 Å². The number of hydrogen-bond donors (Lipinski definition) is 1. The van der Waals surface area contributed by atoms with E-state index >= 15 is 0 Å². The zero-order valence-electron chi connectivity index (χ0n) is 23.7. The van der Waals surface area contributed by atoms with Crippen LogP contribution in [0.1, 0.15) is 37.5 Å². The van der Waals surface area contributed by atoms with E-state index in [4.69, 9.17) is 11.6 Å². The Kier molecular flexibility index (Phi) is 10.7. The molecular weight excluding hydrogens is 591 g/mol. The smallest absolute Gasteiger partial charge is 0.354 e. The summed E-state index contributed by atoms with van der Waals surface area (Å²) < 4.78 is 69.1. The van der Waals surface area contributed by atoms with Crippen molar-refractivity contribution in [1.29, 1.82) is 0 Å². The van der Waals surface area contributed by atoms with Gasteiger partial charge in [-0.15, -0.1) is 0 Å². The summed E-state index contributed by atoms with van der Waals surface area (Å²) in [5.41, 5.74) is -0.162. The van der Waals surface area contributed by atoms with Crippen LogP contribution in [0.25, 0.3) is 0 Å². The molecule has 226 valence electrons. The first-order valence-corrected chi connectivity index (χ1v) is 15.0. The highest BCUT2D eigenvalue weighted by molar-refractivity contribution is 7.92. The number of anilines is 1. The van der Waals surface area contributed by atoms with Gasteiger partial charge in [0.15, 0.2) is 0 Å². The second kappa shape index (κ2) is 13.6. The number of aryl methyl sites for hydroxylation is 1. The number of hydrogen-bond acceptors (Lipinski definition) is 4. The van der Waals surface area contributed by atoms with Crippen molar-refractivity contribution in [2.24, 2.45) is 5.92 Å². The monoisotopic (exact) mass is 623 g/mol. The topological polar surface area (TPSA) is 86.8 Å². The number of alkyl halides is 3. The fourth-order valence-electron chi connectivity index (χ4n) is 4.05.